The van der Waals surface area contributed by atoms with Crippen LogP contribution in [0.15, 0.2) is 5.16 Å². The second-order valence-electron chi connectivity index (χ2n) is 3.89. The maximum absolute atomic E-state index is 11.5. The predicted molar refractivity (Wildman–Crippen MR) is 50.3 cm³/mol. The van der Waals surface area contributed by atoms with E-state index in [-0.39, 0.29) is 17.9 Å². The molecule has 5 nitrogen and oxygen atoms in total. The molecule has 14 heavy (non-hydrogen) atoms. The van der Waals surface area contributed by atoms with Crippen molar-refractivity contribution in [3.63, 3.8) is 0 Å². The molecule has 0 aromatic carbocycles. The summed E-state index contributed by atoms with van der Waals surface area (Å²) in [4.78, 5) is 22.4. The Bertz CT molecular complexity index is 262. The molecule has 0 fully saturated rings. The fraction of sp³-hybridized carbons (Fsp3) is 0.667. The lowest BCUT2D eigenvalue weighted by Gasteiger charge is -2.15. The van der Waals surface area contributed by atoms with Gasteiger partial charge in [-0.3, -0.25) is 4.79 Å². The largest absolute Gasteiger partial charge is 0.464 e. The Morgan fingerprint density at radius 3 is 2.14 bits per heavy atom. The molecule has 0 bridgehead atoms. The average Bonchev–Trinajstić information content (AvgIpc) is 2.10. The van der Waals surface area contributed by atoms with Crippen LogP contribution in [-0.4, -0.2) is 29.8 Å². The highest BCUT2D eigenvalue weighted by molar-refractivity contribution is 6.39. The Morgan fingerprint density at radius 1 is 1.36 bits per heavy atom. The molecule has 0 aromatic heterocycles. The van der Waals surface area contributed by atoms with Crippen molar-refractivity contribution >= 4 is 17.5 Å². The molecule has 0 spiro atoms. The minimum Gasteiger partial charge on any atom is -0.464 e. The van der Waals surface area contributed by atoms with E-state index in [9.17, 15) is 9.59 Å². The van der Waals surface area contributed by atoms with E-state index in [2.05, 4.69) is 9.89 Å². The lowest BCUT2D eigenvalue weighted by Crippen LogP contribution is -2.27. The standard InChI is InChI=1S/C9H15NO4/c1-9(2,3)7(11)5-6(10-13)8(12)14-4/h13H,5H2,1-4H3/b10-6+. The molecule has 5 heteroatoms. The minimum atomic E-state index is -0.787. The Balaban J connectivity index is 4.52. The summed E-state index contributed by atoms with van der Waals surface area (Å²) in [7, 11) is 1.16. The van der Waals surface area contributed by atoms with Gasteiger partial charge in [-0.25, -0.2) is 4.79 Å². The van der Waals surface area contributed by atoms with E-state index in [1.165, 1.54) is 0 Å². The van der Waals surface area contributed by atoms with Crippen LogP contribution in [0.2, 0.25) is 0 Å². The van der Waals surface area contributed by atoms with Gasteiger partial charge in [0.25, 0.3) is 0 Å². The van der Waals surface area contributed by atoms with E-state index in [0.717, 1.165) is 7.11 Å². The number of ether oxygens (including phenoxy) is 1. The van der Waals surface area contributed by atoms with Crippen LogP contribution in [0.5, 0.6) is 0 Å². The quantitative estimate of drug-likeness (QED) is 0.320. The van der Waals surface area contributed by atoms with Crippen LogP contribution in [0.25, 0.3) is 0 Å². The second-order valence-corrected chi connectivity index (χ2v) is 3.89. The lowest BCUT2D eigenvalue weighted by molar-refractivity contribution is -0.134. The van der Waals surface area contributed by atoms with Crippen molar-refractivity contribution in [1.29, 1.82) is 0 Å². The summed E-state index contributed by atoms with van der Waals surface area (Å²) in [5.41, 5.74) is -0.836. The van der Waals surface area contributed by atoms with Crippen molar-refractivity contribution in [2.75, 3.05) is 7.11 Å². The summed E-state index contributed by atoms with van der Waals surface area (Å²) in [6, 6.07) is 0. The average molecular weight is 201 g/mol. The van der Waals surface area contributed by atoms with E-state index >= 15 is 0 Å². The maximum Gasteiger partial charge on any atom is 0.356 e. The molecule has 0 aliphatic rings. The van der Waals surface area contributed by atoms with Gasteiger partial charge in [-0.15, -0.1) is 0 Å². The van der Waals surface area contributed by atoms with Crippen molar-refractivity contribution in [3.05, 3.63) is 0 Å². The summed E-state index contributed by atoms with van der Waals surface area (Å²) < 4.78 is 4.33. The van der Waals surface area contributed by atoms with Gasteiger partial charge in [-0.1, -0.05) is 25.9 Å². The zero-order valence-corrected chi connectivity index (χ0v) is 8.83. The fourth-order valence-electron chi connectivity index (χ4n) is 0.683. The van der Waals surface area contributed by atoms with Crippen molar-refractivity contribution in [2.24, 2.45) is 10.6 Å². The first-order chi connectivity index (χ1) is 6.32. The number of carbonyl (C=O) groups excluding carboxylic acids is 2. The van der Waals surface area contributed by atoms with Gasteiger partial charge in [-0.05, 0) is 0 Å². The summed E-state index contributed by atoms with van der Waals surface area (Å²) >= 11 is 0. The normalized spacial score (nSPS) is 12.4. The number of nitrogens with zero attached hydrogens (tertiary/aromatic N) is 1. The smallest absolute Gasteiger partial charge is 0.356 e. The second kappa shape index (κ2) is 4.74. The highest BCUT2D eigenvalue weighted by Gasteiger charge is 2.26. The number of Topliss-reactive ketones (excluding diaryl/α,β-unsaturated/α-hetero) is 1. The Labute approximate surface area is 82.7 Å². The summed E-state index contributed by atoms with van der Waals surface area (Å²) in [5, 5.41) is 11.2. The molecule has 80 valence electrons. The molecule has 0 rings (SSSR count). The van der Waals surface area contributed by atoms with Gasteiger partial charge in [0.2, 0.25) is 0 Å². The zero-order valence-electron chi connectivity index (χ0n) is 8.83. The van der Waals surface area contributed by atoms with Gasteiger partial charge >= 0.3 is 5.97 Å². The summed E-state index contributed by atoms with van der Waals surface area (Å²) in [6.07, 6.45) is -0.216. The molecular weight excluding hydrogens is 186 g/mol. The van der Waals surface area contributed by atoms with Crippen LogP contribution in [0, 0.1) is 5.41 Å². The molecule has 0 heterocycles. The molecular formula is C9H15NO4. The van der Waals surface area contributed by atoms with Crippen LogP contribution < -0.4 is 0 Å². The number of carbonyl (C=O) groups is 2. The Kier molecular flexibility index (Phi) is 4.27. The first-order valence-electron chi connectivity index (χ1n) is 4.15. The van der Waals surface area contributed by atoms with E-state index in [4.69, 9.17) is 5.21 Å². The van der Waals surface area contributed by atoms with Gasteiger partial charge in [0.15, 0.2) is 5.71 Å². The Hall–Kier alpha value is -1.39. The van der Waals surface area contributed by atoms with Gasteiger partial charge in [-0.2, -0.15) is 0 Å². The molecule has 0 unspecified atom stereocenters. The third kappa shape index (κ3) is 3.55. The third-order valence-electron chi connectivity index (χ3n) is 1.71. The molecule has 0 atom stereocenters. The van der Waals surface area contributed by atoms with E-state index in [1.807, 2.05) is 0 Å². The van der Waals surface area contributed by atoms with Crippen LogP contribution in [0.3, 0.4) is 0 Å². The van der Waals surface area contributed by atoms with Crippen LogP contribution in [0.1, 0.15) is 27.2 Å². The highest BCUT2D eigenvalue weighted by atomic mass is 16.5. The number of methoxy groups -OCH3 is 1. The molecule has 0 aromatic rings. The molecule has 0 aliphatic carbocycles. The first-order valence-corrected chi connectivity index (χ1v) is 4.15. The van der Waals surface area contributed by atoms with E-state index in [1.54, 1.807) is 20.8 Å². The number of oxime groups is 1. The van der Waals surface area contributed by atoms with Gasteiger partial charge < -0.3 is 9.94 Å². The fourth-order valence-corrected chi connectivity index (χ4v) is 0.683. The number of rotatable bonds is 3. The van der Waals surface area contributed by atoms with Gasteiger partial charge in [0.05, 0.1) is 13.5 Å². The third-order valence-corrected chi connectivity index (χ3v) is 1.71. The van der Waals surface area contributed by atoms with Crippen LogP contribution in [0.4, 0.5) is 0 Å². The molecule has 0 radical (unpaired) electrons. The van der Waals surface area contributed by atoms with E-state index < -0.39 is 11.4 Å². The first kappa shape index (κ1) is 12.6. The van der Waals surface area contributed by atoms with Crippen LogP contribution in [-0.2, 0) is 14.3 Å². The summed E-state index contributed by atoms with van der Waals surface area (Å²) in [5.74, 6) is -0.971. The number of esters is 1. The lowest BCUT2D eigenvalue weighted by atomic mass is 9.88. The van der Waals surface area contributed by atoms with E-state index in [0.29, 0.717) is 0 Å². The number of ketones is 1. The summed E-state index contributed by atoms with van der Waals surface area (Å²) in [6.45, 7) is 5.17. The van der Waals surface area contributed by atoms with Crippen molar-refractivity contribution < 1.29 is 19.5 Å². The topological polar surface area (TPSA) is 76.0 Å². The van der Waals surface area contributed by atoms with Gasteiger partial charge in [0, 0.05) is 5.41 Å². The maximum atomic E-state index is 11.5. The molecule has 0 saturated heterocycles. The van der Waals surface area contributed by atoms with Crippen molar-refractivity contribution in [2.45, 2.75) is 27.2 Å². The number of hydrogen-bond donors (Lipinski definition) is 1. The monoisotopic (exact) mass is 201 g/mol. The molecule has 0 amide bonds. The molecule has 0 aliphatic heterocycles. The van der Waals surface area contributed by atoms with Crippen molar-refractivity contribution in [3.8, 4) is 0 Å². The molecule has 0 saturated carbocycles. The van der Waals surface area contributed by atoms with Crippen LogP contribution >= 0.6 is 0 Å². The predicted octanol–water partition coefficient (Wildman–Crippen LogP) is 0.995. The Morgan fingerprint density at radius 2 is 1.86 bits per heavy atom. The SMILES string of the molecule is COC(=O)/C(CC(=O)C(C)(C)C)=N/O. The number of hydrogen-bond acceptors (Lipinski definition) is 5. The highest BCUT2D eigenvalue weighted by Crippen LogP contribution is 2.17. The minimum absolute atomic E-state index is 0.185. The van der Waals surface area contributed by atoms with Gasteiger partial charge in [0.1, 0.15) is 5.78 Å². The zero-order chi connectivity index (χ0) is 11.4. The molecule has 1 N–H and O–H groups in total. The van der Waals surface area contributed by atoms with Crippen molar-refractivity contribution in [1.82, 2.24) is 0 Å².